The van der Waals surface area contributed by atoms with Gasteiger partial charge in [-0.3, -0.25) is 14.9 Å². The molecule has 2 N–H and O–H groups in total. The van der Waals surface area contributed by atoms with E-state index in [9.17, 15) is 9.59 Å². The number of esters is 1. The Kier molecular flexibility index (Phi) is 8.29. The van der Waals surface area contributed by atoms with Gasteiger partial charge in [0.15, 0.2) is 0 Å². The van der Waals surface area contributed by atoms with Gasteiger partial charge in [0.2, 0.25) is 11.0 Å². The van der Waals surface area contributed by atoms with Gasteiger partial charge in [-0.1, -0.05) is 11.3 Å². The number of rotatable bonds is 9. The maximum absolute atomic E-state index is 11.7. The van der Waals surface area contributed by atoms with Crippen LogP contribution in [-0.4, -0.2) is 42.3 Å². The zero-order valence-electron chi connectivity index (χ0n) is 12.5. The summed E-state index contributed by atoms with van der Waals surface area (Å²) in [6, 6.07) is 0. The van der Waals surface area contributed by atoms with E-state index in [1.165, 1.54) is 31.3 Å². The first-order valence-electron chi connectivity index (χ1n) is 7.07. The Morgan fingerprint density at radius 1 is 1.36 bits per heavy atom. The minimum atomic E-state index is -0.227. The van der Waals surface area contributed by atoms with Crippen molar-refractivity contribution in [3.8, 4) is 0 Å². The fourth-order valence-corrected chi connectivity index (χ4v) is 2.56. The third-order valence-corrected chi connectivity index (χ3v) is 4.03. The Hall–Kier alpha value is -1.25. The molecule has 1 amide bonds. The summed E-state index contributed by atoms with van der Waals surface area (Å²) in [5.41, 5.74) is 0. The lowest BCUT2D eigenvalue weighted by Crippen LogP contribution is -2.29. The number of hydrogen-bond donors (Lipinski definition) is 2. The average Bonchev–Trinajstić information content (AvgIpc) is 3.18. The lowest BCUT2D eigenvalue weighted by atomic mass is 10.2. The van der Waals surface area contributed by atoms with Gasteiger partial charge in [0.05, 0.1) is 13.7 Å². The summed E-state index contributed by atoms with van der Waals surface area (Å²) >= 11 is 1.34. The minimum absolute atomic E-state index is 0. The van der Waals surface area contributed by atoms with E-state index in [-0.39, 0.29) is 24.3 Å². The lowest BCUT2D eigenvalue weighted by Gasteiger charge is -2.02. The van der Waals surface area contributed by atoms with Crippen LogP contribution in [0.25, 0.3) is 0 Å². The van der Waals surface area contributed by atoms with E-state index in [0.717, 1.165) is 17.5 Å². The summed E-state index contributed by atoms with van der Waals surface area (Å²) in [6.07, 6.45) is 4.21. The van der Waals surface area contributed by atoms with Gasteiger partial charge >= 0.3 is 5.97 Å². The van der Waals surface area contributed by atoms with Crippen molar-refractivity contribution >= 4 is 40.8 Å². The number of anilines is 1. The first-order chi connectivity index (χ1) is 10.2. The second-order valence-corrected chi connectivity index (χ2v) is 6.12. The molecule has 0 atom stereocenters. The number of halogens is 1. The standard InChI is InChI=1S/C13H20N4O3S.ClH/c1-20-12(19)4-2-3-11-16-17-13(21-11)15-10(18)8-14-7-9-5-6-9;/h9,14H,2-8H2,1H3,(H,15,17,18);1H. The van der Waals surface area contributed by atoms with Crippen LogP contribution in [0.1, 0.15) is 30.7 Å². The minimum Gasteiger partial charge on any atom is -0.469 e. The molecule has 0 spiro atoms. The normalized spacial score (nSPS) is 13.3. The zero-order chi connectivity index (χ0) is 15.1. The van der Waals surface area contributed by atoms with Gasteiger partial charge in [-0.05, 0) is 31.7 Å². The van der Waals surface area contributed by atoms with Crippen LogP contribution in [0.4, 0.5) is 5.13 Å². The Balaban J connectivity index is 0.00000242. The molecule has 1 aromatic rings. The third-order valence-electron chi connectivity index (χ3n) is 3.13. The molecule has 1 fully saturated rings. The Bertz CT molecular complexity index is 493. The first kappa shape index (κ1) is 18.8. The summed E-state index contributed by atoms with van der Waals surface area (Å²) in [6.45, 7) is 1.20. The number of aromatic nitrogens is 2. The number of aryl methyl sites for hydroxylation is 1. The second kappa shape index (κ2) is 9.70. The number of methoxy groups -OCH3 is 1. The largest absolute Gasteiger partial charge is 0.469 e. The predicted octanol–water partition coefficient (Wildman–Crippen LogP) is 1.39. The molecular formula is C13H21ClN4O3S. The molecule has 0 bridgehead atoms. The van der Waals surface area contributed by atoms with Crippen molar-refractivity contribution in [2.45, 2.75) is 32.1 Å². The highest BCUT2D eigenvalue weighted by Gasteiger charge is 2.20. The van der Waals surface area contributed by atoms with Crippen molar-refractivity contribution < 1.29 is 14.3 Å². The molecule has 0 aromatic carbocycles. The molecule has 2 rings (SSSR count). The van der Waals surface area contributed by atoms with Crippen molar-refractivity contribution in [3.63, 3.8) is 0 Å². The molecule has 0 radical (unpaired) electrons. The SMILES string of the molecule is COC(=O)CCCc1nnc(NC(=O)CNCC2CC2)s1.Cl. The van der Waals surface area contributed by atoms with Crippen LogP contribution in [0.2, 0.25) is 0 Å². The number of nitrogens with zero attached hydrogens (tertiary/aromatic N) is 2. The molecule has 0 unspecified atom stereocenters. The van der Waals surface area contributed by atoms with E-state index in [0.29, 0.717) is 30.9 Å². The van der Waals surface area contributed by atoms with Crippen LogP contribution in [-0.2, 0) is 20.7 Å². The summed E-state index contributed by atoms with van der Waals surface area (Å²) in [5, 5.41) is 15.1. The highest BCUT2D eigenvalue weighted by Crippen LogP contribution is 2.27. The van der Waals surface area contributed by atoms with E-state index >= 15 is 0 Å². The molecule has 1 saturated carbocycles. The third kappa shape index (κ3) is 7.15. The lowest BCUT2D eigenvalue weighted by molar-refractivity contribution is -0.140. The van der Waals surface area contributed by atoms with Gasteiger partial charge < -0.3 is 10.1 Å². The Labute approximate surface area is 139 Å². The van der Waals surface area contributed by atoms with E-state index in [1.807, 2.05) is 0 Å². The topological polar surface area (TPSA) is 93.2 Å². The predicted molar refractivity (Wildman–Crippen MR) is 86.3 cm³/mol. The number of amides is 1. The van der Waals surface area contributed by atoms with E-state index in [1.54, 1.807) is 0 Å². The van der Waals surface area contributed by atoms with Crippen LogP contribution in [0.3, 0.4) is 0 Å². The van der Waals surface area contributed by atoms with Gasteiger partial charge in [0.1, 0.15) is 5.01 Å². The number of ether oxygens (including phenoxy) is 1. The van der Waals surface area contributed by atoms with Gasteiger partial charge in [-0.2, -0.15) is 0 Å². The molecule has 124 valence electrons. The van der Waals surface area contributed by atoms with Crippen molar-refractivity contribution in [1.29, 1.82) is 0 Å². The van der Waals surface area contributed by atoms with Crippen molar-refractivity contribution in [3.05, 3.63) is 5.01 Å². The summed E-state index contributed by atoms with van der Waals surface area (Å²) in [5.74, 6) is 0.420. The molecule has 9 heteroatoms. The number of hydrogen-bond acceptors (Lipinski definition) is 7. The molecule has 0 aliphatic heterocycles. The summed E-state index contributed by atoms with van der Waals surface area (Å²) in [7, 11) is 1.37. The average molecular weight is 349 g/mol. The van der Waals surface area contributed by atoms with Crippen LogP contribution in [0.15, 0.2) is 0 Å². The molecular weight excluding hydrogens is 328 g/mol. The zero-order valence-corrected chi connectivity index (χ0v) is 14.1. The van der Waals surface area contributed by atoms with Crippen LogP contribution in [0.5, 0.6) is 0 Å². The van der Waals surface area contributed by atoms with E-state index in [2.05, 4.69) is 25.6 Å². The molecule has 1 aromatic heterocycles. The van der Waals surface area contributed by atoms with Crippen molar-refractivity contribution in [2.75, 3.05) is 25.5 Å². The molecule has 1 aliphatic carbocycles. The van der Waals surface area contributed by atoms with Crippen LogP contribution in [0, 0.1) is 5.92 Å². The fraction of sp³-hybridized carbons (Fsp3) is 0.692. The fourth-order valence-electron chi connectivity index (χ4n) is 1.77. The first-order valence-corrected chi connectivity index (χ1v) is 7.89. The second-order valence-electron chi connectivity index (χ2n) is 5.05. The molecule has 22 heavy (non-hydrogen) atoms. The smallest absolute Gasteiger partial charge is 0.305 e. The molecule has 0 saturated heterocycles. The molecule has 1 aliphatic rings. The monoisotopic (exact) mass is 348 g/mol. The number of carbonyl (C=O) groups excluding carboxylic acids is 2. The van der Waals surface area contributed by atoms with Crippen molar-refractivity contribution in [2.24, 2.45) is 5.92 Å². The molecule has 1 heterocycles. The van der Waals surface area contributed by atoms with E-state index in [4.69, 9.17) is 0 Å². The van der Waals surface area contributed by atoms with Gasteiger partial charge in [0.25, 0.3) is 0 Å². The summed E-state index contributed by atoms with van der Waals surface area (Å²) in [4.78, 5) is 22.7. The maximum atomic E-state index is 11.7. The number of nitrogens with one attached hydrogen (secondary N) is 2. The van der Waals surface area contributed by atoms with E-state index < -0.39 is 0 Å². The maximum Gasteiger partial charge on any atom is 0.305 e. The Morgan fingerprint density at radius 2 is 2.14 bits per heavy atom. The molecule has 7 nitrogen and oxygen atoms in total. The number of carbonyl (C=O) groups is 2. The highest BCUT2D eigenvalue weighted by atomic mass is 35.5. The quantitative estimate of drug-likeness (QED) is 0.655. The Morgan fingerprint density at radius 3 is 2.82 bits per heavy atom. The van der Waals surface area contributed by atoms with Crippen LogP contribution >= 0.6 is 23.7 Å². The highest BCUT2D eigenvalue weighted by molar-refractivity contribution is 7.15. The van der Waals surface area contributed by atoms with Crippen LogP contribution < -0.4 is 10.6 Å². The van der Waals surface area contributed by atoms with Gasteiger partial charge in [-0.25, -0.2) is 0 Å². The van der Waals surface area contributed by atoms with Gasteiger partial charge in [-0.15, -0.1) is 22.6 Å². The van der Waals surface area contributed by atoms with Crippen molar-refractivity contribution in [1.82, 2.24) is 15.5 Å². The van der Waals surface area contributed by atoms with Gasteiger partial charge in [0, 0.05) is 12.8 Å². The summed E-state index contributed by atoms with van der Waals surface area (Å²) < 4.78 is 4.57.